The summed E-state index contributed by atoms with van der Waals surface area (Å²) in [4.78, 5) is 28.4. The third kappa shape index (κ3) is 10.5. The maximum Gasteiger partial charge on any atom is 0.416 e. The van der Waals surface area contributed by atoms with E-state index in [0.29, 0.717) is 30.3 Å². The summed E-state index contributed by atoms with van der Waals surface area (Å²) in [5.74, 6) is -2.53. The molecule has 0 spiro atoms. The first-order valence-electron chi connectivity index (χ1n) is 14.6. The number of aliphatic hydroxyl groups is 1. The molecule has 3 rings (SSSR count). The number of aryl methyl sites for hydroxylation is 1. The fourth-order valence-electron chi connectivity index (χ4n) is 4.98. The van der Waals surface area contributed by atoms with Gasteiger partial charge in [0.15, 0.2) is 0 Å². The molecule has 0 saturated heterocycles. The maximum atomic E-state index is 14.0. The molecular weight excluding hydrogens is 617 g/mol. The van der Waals surface area contributed by atoms with Crippen LogP contribution < -0.4 is 10.6 Å². The minimum Gasteiger partial charge on any atom is -0.390 e. The number of hydrogen-bond donors (Lipinski definition) is 3. The molecular formula is C33H37ClF5N3O3. The van der Waals surface area contributed by atoms with Crippen LogP contribution in [-0.2, 0) is 19.1 Å². The molecule has 0 unspecified atom stereocenters. The predicted octanol–water partition coefficient (Wildman–Crippen LogP) is 6.70. The largest absolute Gasteiger partial charge is 0.416 e. The van der Waals surface area contributed by atoms with E-state index >= 15 is 0 Å². The van der Waals surface area contributed by atoms with E-state index in [1.807, 2.05) is 13.8 Å². The van der Waals surface area contributed by atoms with Gasteiger partial charge < -0.3 is 20.6 Å². The molecule has 0 aliphatic heterocycles. The molecule has 0 bridgehead atoms. The van der Waals surface area contributed by atoms with Gasteiger partial charge in [-0.25, -0.2) is 8.78 Å². The van der Waals surface area contributed by atoms with Gasteiger partial charge in [-0.1, -0.05) is 25.4 Å². The number of alkyl halides is 3. The lowest BCUT2D eigenvalue weighted by molar-refractivity contribution is -0.137. The van der Waals surface area contributed by atoms with E-state index in [-0.39, 0.29) is 47.1 Å². The molecule has 244 valence electrons. The summed E-state index contributed by atoms with van der Waals surface area (Å²) in [6, 6.07) is 9.37. The van der Waals surface area contributed by atoms with Crippen molar-refractivity contribution in [3.05, 3.63) is 105 Å². The Bertz CT molecular complexity index is 1460. The van der Waals surface area contributed by atoms with Crippen LogP contribution in [0.5, 0.6) is 0 Å². The Hall–Kier alpha value is -3.54. The van der Waals surface area contributed by atoms with Crippen LogP contribution in [0.1, 0.15) is 69.7 Å². The molecule has 0 aliphatic carbocycles. The Balaban J connectivity index is 1.83. The standard InChI is InChI=1S/C33H37ClF5N3O3/c1-4-8-42(9-5-2)32(45)23-11-20(3)10-22(15-23)31(44)41-29(14-21-12-26(35)17-27(36)13-21)30(43)19-40-18-24-16-25(33(37,38)39)6-7-28(24)34/h6-7,10-13,15-17,29-30,40,43H,4-5,8-9,14,18-19H2,1-3H3,(H,41,44)/t29-,30+/m0/s1. The molecule has 6 nitrogen and oxygen atoms in total. The average Bonchev–Trinajstić information content (AvgIpc) is 2.95. The number of nitrogens with one attached hydrogen (secondary N) is 2. The van der Waals surface area contributed by atoms with Gasteiger partial charge in [-0.15, -0.1) is 0 Å². The summed E-state index contributed by atoms with van der Waals surface area (Å²) in [5.41, 5.74) is 0.550. The summed E-state index contributed by atoms with van der Waals surface area (Å²) in [7, 11) is 0. The van der Waals surface area contributed by atoms with Gasteiger partial charge in [0.1, 0.15) is 11.6 Å². The van der Waals surface area contributed by atoms with Gasteiger partial charge >= 0.3 is 6.18 Å². The molecule has 0 saturated carbocycles. The fourth-order valence-corrected chi connectivity index (χ4v) is 5.16. The molecule has 3 aromatic rings. The molecule has 3 N–H and O–H groups in total. The molecule has 45 heavy (non-hydrogen) atoms. The van der Waals surface area contributed by atoms with E-state index in [1.165, 1.54) is 6.07 Å². The Kier molecular flexibility index (Phi) is 12.9. The molecule has 0 aromatic heterocycles. The quantitative estimate of drug-likeness (QED) is 0.169. The van der Waals surface area contributed by atoms with E-state index in [4.69, 9.17) is 11.6 Å². The van der Waals surface area contributed by atoms with Crippen molar-refractivity contribution < 1.29 is 36.6 Å². The number of halogens is 6. The van der Waals surface area contributed by atoms with Crippen LogP contribution in [0.25, 0.3) is 0 Å². The van der Waals surface area contributed by atoms with Crippen LogP contribution in [0.2, 0.25) is 5.02 Å². The summed E-state index contributed by atoms with van der Waals surface area (Å²) < 4.78 is 67.4. The SMILES string of the molecule is CCCN(CCC)C(=O)c1cc(C)cc(C(=O)N[C@@H](Cc2cc(F)cc(F)c2)[C@H](O)CNCc2cc(C(F)(F)F)ccc2Cl)c1. The van der Waals surface area contributed by atoms with E-state index in [9.17, 15) is 36.6 Å². The van der Waals surface area contributed by atoms with Crippen molar-refractivity contribution in [1.29, 1.82) is 0 Å². The van der Waals surface area contributed by atoms with Crippen molar-refractivity contribution in [2.24, 2.45) is 0 Å². The zero-order valence-electron chi connectivity index (χ0n) is 25.3. The first-order chi connectivity index (χ1) is 21.2. The van der Waals surface area contributed by atoms with E-state index in [2.05, 4.69) is 10.6 Å². The summed E-state index contributed by atoms with van der Waals surface area (Å²) in [6.45, 7) is 6.43. The minimum atomic E-state index is -4.57. The monoisotopic (exact) mass is 653 g/mol. The van der Waals surface area contributed by atoms with E-state index < -0.39 is 41.4 Å². The summed E-state index contributed by atoms with van der Waals surface area (Å²) in [6.07, 6.45) is -4.57. The number of amides is 2. The van der Waals surface area contributed by atoms with Crippen molar-refractivity contribution in [2.75, 3.05) is 19.6 Å². The smallest absolute Gasteiger partial charge is 0.390 e. The van der Waals surface area contributed by atoms with Gasteiger partial charge in [0.25, 0.3) is 11.8 Å². The Morgan fingerprint density at radius 3 is 2.16 bits per heavy atom. The average molecular weight is 654 g/mol. The molecule has 2 atom stereocenters. The van der Waals surface area contributed by atoms with Gasteiger partial charge in [-0.2, -0.15) is 13.2 Å². The Labute approximate surface area is 264 Å². The summed E-state index contributed by atoms with van der Waals surface area (Å²) >= 11 is 6.08. The minimum absolute atomic E-state index is 0.0892. The number of hydrogen-bond acceptors (Lipinski definition) is 4. The van der Waals surface area contributed by atoms with Crippen LogP contribution in [0, 0.1) is 18.6 Å². The number of nitrogens with zero attached hydrogens (tertiary/aromatic N) is 1. The van der Waals surface area contributed by atoms with Crippen LogP contribution in [0.15, 0.2) is 54.6 Å². The highest BCUT2D eigenvalue weighted by Crippen LogP contribution is 2.31. The topological polar surface area (TPSA) is 81.7 Å². The lowest BCUT2D eigenvalue weighted by Crippen LogP contribution is -2.48. The third-order valence-electron chi connectivity index (χ3n) is 7.06. The van der Waals surface area contributed by atoms with Crippen molar-refractivity contribution in [2.45, 2.75) is 64.9 Å². The lowest BCUT2D eigenvalue weighted by Gasteiger charge is -2.26. The fraction of sp³-hybridized carbons (Fsp3) is 0.394. The molecule has 0 aliphatic rings. The highest BCUT2D eigenvalue weighted by Gasteiger charge is 2.31. The highest BCUT2D eigenvalue weighted by molar-refractivity contribution is 6.31. The van der Waals surface area contributed by atoms with Crippen molar-refractivity contribution in [3.8, 4) is 0 Å². The van der Waals surface area contributed by atoms with Crippen LogP contribution in [0.3, 0.4) is 0 Å². The van der Waals surface area contributed by atoms with Gasteiger partial charge in [-0.3, -0.25) is 9.59 Å². The zero-order valence-corrected chi connectivity index (χ0v) is 26.0. The van der Waals surface area contributed by atoms with E-state index in [0.717, 1.165) is 43.2 Å². The number of carbonyl (C=O) groups is 2. The molecule has 12 heteroatoms. The van der Waals surface area contributed by atoms with Gasteiger partial charge in [0.05, 0.1) is 17.7 Å². The first-order valence-corrected chi connectivity index (χ1v) is 15.0. The molecule has 0 radical (unpaired) electrons. The molecule has 0 fully saturated rings. The van der Waals surface area contributed by atoms with Crippen LogP contribution >= 0.6 is 11.6 Å². The Morgan fingerprint density at radius 1 is 0.933 bits per heavy atom. The van der Waals surface area contributed by atoms with Crippen molar-refractivity contribution >= 4 is 23.4 Å². The number of rotatable bonds is 14. The predicted molar refractivity (Wildman–Crippen MR) is 163 cm³/mol. The number of carbonyl (C=O) groups excluding carboxylic acids is 2. The maximum absolute atomic E-state index is 14.0. The van der Waals surface area contributed by atoms with Crippen molar-refractivity contribution in [1.82, 2.24) is 15.5 Å². The normalized spacial score (nSPS) is 12.9. The first kappa shape index (κ1) is 35.9. The molecule has 3 aromatic carbocycles. The second-order valence-electron chi connectivity index (χ2n) is 10.9. The van der Waals surface area contributed by atoms with E-state index in [1.54, 1.807) is 24.0 Å². The number of aliphatic hydroxyl groups excluding tert-OH is 1. The number of benzene rings is 3. The van der Waals surface area contributed by atoms with Crippen LogP contribution in [0.4, 0.5) is 22.0 Å². The summed E-state index contributed by atoms with van der Waals surface area (Å²) in [5, 5.41) is 16.7. The van der Waals surface area contributed by atoms with Gasteiger partial charge in [-0.05, 0) is 91.4 Å². The molecule has 2 amide bonds. The third-order valence-corrected chi connectivity index (χ3v) is 7.43. The lowest BCUT2D eigenvalue weighted by atomic mass is 9.99. The highest BCUT2D eigenvalue weighted by atomic mass is 35.5. The van der Waals surface area contributed by atoms with Gasteiger partial charge in [0, 0.05) is 48.4 Å². The van der Waals surface area contributed by atoms with Crippen molar-refractivity contribution in [3.63, 3.8) is 0 Å². The Morgan fingerprint density at radius 2 is 1.56 bits per heavy atom. The second-order valence-corrected chi connectivity index (χ2v) is 11.4. The van der Waals surface area contributed by atoms with Crippen LogP contribution in [-0.4, -0.2) is 53.6 Å². The molecule has 0 heterocycles. The van der Waals surface area contributed by atoms with Gasteiger partial charge in [0.2, 0.25) is 0 Å². The second kappa shape index (κ2) is 16.1. The zero-order chi connectivity index (χ0) is 33.3.